The fourth-order valence-corrected chi connectivity index (χ4v) is 4.18. The van der Waals surface area contributed by atoms with Gasteiger partial charge in [-0.05, 0) is 44.2 Å². The molecule has 1 aromatic heterocycles. The van der Waals surface area contributed by atoms with Crippen LogP contribution in [0.15, 0.2) is 4.42 Å². The van der Waals surface area contributed by atoms with Gasteiger partial charge in [-0.15, -0.1) is 0 Å². The molecule has 0 saturated carbocycles. The van der Waals surface area contributed by atoms with E-state index in [1.165, 1.54) is 36.1 Å². The van der Waals surface area contributed by atoms with Crippen LogP contribution < -0.4 is 5.11 Å². The van der Waals surface area contributed by atoms with Crippen LogP contribution in [0.3, 0.4) is 0 Å². The van der Waals surface area contributed by atoms with Crippen molar-refractivity contribution in [3.8, 4) is 0 Å². The third-order valence-electron chi connectivity index (χ3n) is 6.13. The van der Waals surface area contributed by atoms with Gasteiger partial charge in [-0.2, -0.15) is 0 Å². The number of carboxylic acids is 1. The van der Waals surface area contributed by atoms with Gasteiger partial charge in [0.1, 0.15) is 18.1 Å². The minimum atomic E-state index is -1.19. The molecule has 1 rings (SSSR count). The standard InChI is InChI=1S/C27H47NO5/c1-7-8-13-16-24-21(2)22(3)25(33-24)17-14-11-9-10-12-15-18-27(31)32-23(19-26(29)30)20-28(4,5)6/h23H,7-20H2,1-6H3. The maximum absolute atomic E-state index is 12.1. The minimum absolute atomic E-state index is 0.254. The van der Waals surface area contributed by atoms with Crippen LogP contribution in [0.25, 0.3) is 0 Å². The van der Waals surface area contributed by atoms with Crippen molar-refractivity contribution < 1.29 is 28.3 Å². The van der Waals surface area contributed by atoms with Crippen LogP contribution in [0.2, 0.25) is 0 Å². The van der Waals surface area contributed by atoms with E-state index in [0.29, 0.717) is 17.4 Å². The van der Waals surface area contributed by atoms with Gasteiger partial charge in [0.15, 0.2) is 6.10 Å². The average Bonchev–Trinajstić information content (AvgIpc) is 2.96. The number of hydrogen-bond acceptors (Lipinski definition) is 5. The van der Waals surface area contributed by atoms with Gasteiger partial charge in [-0.3, -0.25) is 4.79 Å². The van der Waals surface area contributed by atoms with E-state index >= 15 is 0 Å². The van der Waals surface area contributed by atoms with Crippen molar-refractivity contribution in [2.75, 3.05) is 27.7 Å². The van der Waals surface area contributed by atoms with Crippen molar-refractivity contribution in [1.29, 1.82) is 0 Å². The Kier molecular flexibility index (Phi) is 13.4. The smallest absolute Gasteiger partial charge is 0.306 e. The summed E-state index contributed by atoms with van der Waals surface area (Å²) in [5.41, 5.74) is 2.65. The molecule has 0 aliphatic rings. The van der Waals surface area contributed by atoms with E-state index in [2.05, 4.69) is 20.8 Å². The lowest BCUT2D eigenvalue weighted by molar-refractivity contribution is -0.873. The van der Waals surface area contributed by atoms with E-state index in [9.17, 15) is 14.7 Å². The zero-order chi connectivity index (χ0) is 24.9. The van der Waals surface area contributed by atoms with E-state index in [1.807, 2.05) is 21.1 Å². The molecule has 190 valence electrons. The highest BCUT2D eigenvalue weighted by Gasteiger charge is 2.22. The van der Waals surface area contributed by atoms with Crippen molar-refractivity contribution in [2.45, 2.75) is 110 Å². The second-order valence-electron chi connectivity index (χ2n) is 10.4. The van der Waals surface area contributed by atoms with Gasteiger partial charge < -0.3 is 23.5 Å². The number of aliphatic carboxylic acids is 1. The van der Waals surface area contributed by atoms with Crippen molar-refractivity contribution in [2.24, 2.45) is 0 Å². The molecule has 6 nitrogen and oxygen atoms in total. The largest absolute Gasteiger partial charge is 0.550 e. The van der Waals surface area contributed by atoms with Crippen LogP contribution >= 0.6 is 0 Å². The van der Waals surface area contributed by atoms with Gasteiger partial charge >= 0.3 is 5.97 Å². The Morgan fingerprint density at radius 3 is 1.91 bits per heavy atom. The molecule has 1 unspecified atom stereocenters. The summed E-state index contributed by atoms with van der Waals surface area (Å²) in [5, 5.41) is 10.9. The van der Waals surface area contributed by atoms with Crippen molar-refractivity contribution in [3.63, 3.8) is 0 Å². The average molecular weight is 466 g/mol. The van der Waals surface area contributed by atoms with Gasteiger partial charge in [-0.1, -0.05) is 45.4 Å². The lowest BCUT2D eigenvalue weighted by Crippen LogP contribution is -2.45. The number of likely N-dealkylation sites (N-methyl/N-ethyl adjacent to an activating group) is 1. The Bertz CT molecular complexity index is 717. The second-order valence-corrected chi connectivity index (χ2v) is 10.4. The first-order chi connectivity index (χ1) is 15.5. The Morgan fingerprint density at radius 1 is 0.879 bits per heavy atom. The SMILES string of the molecule is CCCCCc1oc(CCCCCCCCC(=O)OC(CC(=O)[O-])C[N+](C)(C)C)c(C)c1C. The summed E-state index contributed by atoms with van der Waals surface area (Å²) in [6, 6.07) is 0. The predicted molar refractivity (Wildman–Crippen MR) is 130 cm³/mol. The highest BCUT2D eigenvalue weighted by molar-refractivity contribution is 5.70. The number of ether oxygens (including phenoxy) is 1. The van der Waals surface area contributed by atoms with Crippen LogP contribution in [0.4, 0.5) is 0 Å². The number of esters is 1. The maximum atomic E-state index is 12.1. The predicted octanol–water partition coefficient (Wildman–Crippen LogP) is 4.66. The number of carbonyl (C=O) groups is 2. The molecule has 0 aliphatic heterocycles. The van der Waals surface area contributed by atoms with E-state index in [-0.39, 0.29) is 12.4 Å². The van der Waals surface area contributed by atoms with Crippen LogP contribution in [-0.4, -0.2) is 50.2 Å². The molecule has 0 aromatic carbocycles. The Labute approximate surface area is 201 Å². The molecule has 0 N–H and O–H groups in total. The Hall–Kier alpha value is -1.82. The van der Waals surface area contributed by atoms with E-state index in [0.717, 1.165) is 57.1 Å². The van der Waals surface area contributed by atoms with E-state index < -0.39 is 12.1 Å². The zero-order valence-electron chi connectivity index (χ0n) is 22.0. The molecule has 0 radical (unpaired) electrons. The molecule has 1 aromatic rings. The quantitative estimate of drug-likeness (QED) is 0.179. The molecule has 0 fully saturated rings. The number of carboxylic acid groups (broad SMARTS) is 1. The number of furan rings is 1. The van der Waals surface area contributed by atoms with Gasteiger partial charge in [-0.25, -0.2) is 0 Å². The van der Waals surface area contributed by atoms with Gasteiger partial charge in [0, 0.05) is 31.7 Å². The zero-order valence-corrected chi connectivity index (χ0v) is 22.0. The number of aryl methyl sites for hydroxylation is 2. The third kappa shape index (κ3) is 12.9. The molecule has 6 heteroatoms. The first-order valence-corrected chi connectivity index (χ1v) is 12.8. The summed E-state index contributed by atoms with van der Waals surface area (Å²) in [4.78, 5) is 23.0. The second kappa shape index (κ2) is 15.2. The first kappa shape index (κ1) is 29.2. The summed E-state index contributed by atoms with van der Waals surface area (Å²) < 4.78 is 12.1. The molecule has 0 spiro atoms. The van der Waals surface area contributed by atoms with Crippen molar-refractivity contribution in [3.05, 3.63) is 22.6 Å². The maximum Gasteiger partial charge on any atom is 0.306 e. The summed E-state index contributed by atoms with van der Waals surface area (Å²) in [6.45, 7) is 7.03. The first-order valence-electron chi connectivity index (χ1n) is 12.8. The Balaban J connectivity index is 2.21. The van der Waals surface area contributed by atoms with Gasteiger partial charge in [0.2, 0.25) is 0 Å². The topological polar surface area (TPSA) is 79.6 Å². The summed E-state index contributed by atoms with van der Waals surface area (Å²) >= 11 is 0. The fraction of sp³-hybridized carbons (Fsp3) is 0.778. The summed E-state index contributed by atoms with van der Waals surface area (Å²) in [5.74, 6) is 0.829. The van der Waals surface area contributed by atoms with Gasteiger partial charge in [0.05, 0.1) is 21.1 Å². The highest BCUT2D eigenvalue weighted by Crippen LogP contribution is 2.25. The van der Waals surface area contributed by atoms with Crippen LogP contribution in [0.5, 0.6) is 0 Å². The lowest BCUT2D eigenvalue weighted by Gasteiger charge is -2.29. The van der Waals surface area contributed by atoms with Crippen LogP contribution in [0, 0.1) is 13.8 Å². The summed E-state index contributed by atoms with van der Waals surface area (Å²) in [7, 11) is 5.82. The monoisotopic (exact) mass is 465 g/mol. The third-order valence-corrected chi connectivity index (χ3v) is 6.13. The fourth-order valence-electron chi connectivity index (χ4n) is 4.18. The van der Waals surface area contributed by atoms with Crippen molar-refractivity contribution >= 4 is 11.9 Å². The van der Waals surface area contributed by atoms with Crippen LogP contribution in [-0.2, 0) is 27.2 Å². The Morgan fingerprint density at radius 2 is 1.39 bits per heavy atom. The van der Waals surface area contributed by atoms with Gasteiger partial charge in [0.25, 0.3) is 0 Å². The van der Waals surface area contributed by atoms with Crippen molar-refractivity contribution in [1.82, 2.24) is 0 Å². The molecule has 0 bridgehead atoms. The number of quaternary nitrogens is 1. The number of rotatable bonds is 18. The molecule has 0 aliphatic carbocycles. The molecule has 1 heterocycles. The molecule has 0 saturated heterocycles. The number of nitrogens with zero attached hydrogens (tertiary/aromatic N) is 1. The molecular weight excluding hydrogens is 418 g/mol. The summed E-state index contributed by atoms with van der Waals surface area (Å²) in [6.07, 6.45) is 11.5. The lowest BCUT2D eigenvalue weighted by atomic mass is 10.0. The minimum Gasteiger partial charge on any atom is -0.550 e. The highest BCUT2D eigenvalue weighted by atomic mass is 16.5. The molecule has 1 atom stereocenters. The number of carbonyl (C=O) groups excluding carboxylic acids is 2. The normalized spacial score (nSPS) is 12.7. The van der Waals surface area contributed by atoms with E-state index in [1.54, 1.807) is 0 Å². The van der Waals surface area contributed by atoms with Crippen LogP contribution in [0.1, 0.15) is 100 Å². The number of hydrogen-bond donors (Lipinski definition) is 0. The van der Waals surface area contributed by atoms with E-state index in [4.69, 9.17) is 9.15 Å². The molecule has 33 heavy (non-hydrogen) atoms. The number of unbranched alkanes of at least 4 members (excludes halogenated alkanes) is 7. The molecular formula is C27H47NO5. The molecule has 0 amide bonds.